The van der Waals surface area contributed by atoms with Gasteiger partial charge >= 0.3 is 5.97 Å². The normalized spacial score (nSPS) is 23.4. The first-order valence-electron chi connectivity index (χ1n) is 5.20. The van der Waals surface area contributed by atoms with Gasteiger partial charge in [0.1, 0.15) is 0 Å². The molecule has 1 atom stereocenters. The predicted octanol–water partition coefficient (Wildman–Crippen LogP) is 0.962. The number of carboxylic acids is 1. The van der Waals surface area contributed by atoms with Gasteiger partial charge in [-0.2, -0.15) is 0 Å². The number of aliphatic carboxylic acids is 1. The van der Waals surface area contributed by atoms with Crippen LogP contribution in [0, 0.1) is 0 Å². The summed E-state index contributed by atoms with van der Waals surface area (Å²) in [6.45, 7) is 2.30. The molecular formula is C10H19NO3. The molecule has 0 amide bonds. The number of ether oxygens (including phenoxy) is 1. The van der Waals surface area contributed by atoms with Crippen LogP contribution in [-0.2, 0) is 9.53 Å². The summed E-state index contributed by atoms with van der Waals surface area (Å²) in [5.41, 5.74) is 0. The van der Waals surface area contributed by atoms with Gasteiger partial charge < -0.3 is 14.7 Å². The highest BCUT2D eigenvalue weighted by molar-refractivity contribution is 5.66. The average molecular weight is 201 g/mol. The first kappa shape index (κ1) is 11.5. The Kier molecular flexibility index (Phi) is 4.90. The molecule has 1 rings (SSSR count). The van der Waals surface area contributed by atoms with E-state index >= 15 is 0 Å². The van der Waals surface area contributed by atoms with Gasteiger partial charge in [0.2, 0.25) is 0 Å². The van der Waals surface area contributed by atoms with Crippen molar-refractivity contribution < 1.29 is 14.6 Å². The Balaban J connectivity index is 2.26. The maximum atomic E-state index is 10.4. The van der Waals surface area contributed by atoms with E-state index in [-0.39, 0.29) is 6.42 Å². The molecule has 1 aliphatic rings. The van der Waals surface area contributed by atoms with Crippen LogP contribution in [0.1, 0.15) is 25.7 Å². The third-order valence-electron chi connectivity index (χ3n) is 2.72. The fourth-order valence-corrected chi connectivity index (χ4v) is 1.78. The lowest BCUT2D eigenvalue weighted by molar-refractivity contribution is -0.137. The summed E-state index contributed by atoms with van der Waals surface area (Å²) >= 11 is 0. The molecule has 0 aromatic rings. The molecule has 82 valence electrons. The fourth-order valence-electron chi connectivity index (χ4n) is 1.78. The third-order valence-corrected chi connectivity index (χ3v) is 2.72. The zero-order chi connectivity index (χ0) is 10.4. The van der Waals surface area contributed by atoms with Crippen LogP contribution in [0.15, 0.2) is 0 Å². The highest BCUT2D eigenvalue weighted by Crippen LogP contribution is 2.13. The van der Waals surface area contributed by atoms with Crippen LogP contribution in [0.25, 0.3) is 0 Å². The Morgan fingerprint density at radius 3 is 3.00 bits per heavy atom. The van der Waals surface area contributed by atoms with Crippen molar-refractivity contribution in [2.75, 3.05) is 26.8 Å². The molecule has 1 N–H and O–H groups in total. The summed E-state index contributed by atoms with van der Waals surface area (Å²) in [4.78, 5) is 12.5. The summed E-state index contributed by atoms with van der Waals surface area (Å²) < 4.78 is 5.36. The SMILES string of the molecule is CN(CCC(=O)O)C1CCCOCC1. The molecule has 0 aromatic carbocycles. The minimum atomic E-state index is -0.721. The Morgan fingerprint density at radius 2 is 2.29 bits per heavy atom. The van der Waals surface area contributed by atoms with Crippen molar-refractivity contribution in [1.29, 1.82) is 0 Å². The van der Waals surface area contributed by atoms with E-state index in [2.05, 4.69) is 4.90 Å². The van der Waals surface area contributed by atoms with Crippen LogP contribution in [-0.4, -0.2) is 48.8 Å². The Labute approximate surface area is 84.8 Å². The maximum Gasteiger partial charge on any atom is 0.304 e. The molecule has 14 heavy (non-hydrogen) atoms. The van der Waals surface area contributed by atoms with Crippen LogP contribution in [0.2, 0.25) is 0 Å². The van der Waals surface area contributed by atoms with E-state index in [0.717, 1.165) is 32.5 Å². The quantitative estimate of drug-likeness (QED) is 0.736. The second-order valence-electron chi connectivity index (χ2n) is 3.82. The largest absolute Gasteiger partial charge is 0.481 e. The second-order valence-corrected chi connectivity index (χ2v) is 3.82. The minimum absolute atomic E-state index is 0.230. The van der Waals surface area contributed by atoms with Gasteiger partial charge in [-0.25, -0.2) is 0 Å². The second kappa shape index (κ2) is 5.98. The van der Waals surface area contributed by atoms with E-state index in [1.165, 1.54) is 0 Å². The lowest BCUT2D eigenvalue weighted by atomic mass is 10.1. The van der Waals surface area contributed by atoms with Gasteiger partial charge in [-0.3, -0.25) is 4.79 Å². The average Bonchev–Trinajstić information content (AvgIpc) is 2.42. The van der Waals surface area contributed by atoms with E-state index in [1.807, 2.05) is 7.05 Å². The Hall–Kier alpha value is -0.610. The zero-order valence-corrected chi connectivity index (χ0v) is 8.74. The van der Waals surface area contributed by atoms with E-state index in [0.29, 0.717) is 12.6 Å². The molecule has 1 unspecified atom stereocenters. The van der Waals surface area contributed by atoms with Crippen molar-refractivity contribution in [3.05, 3.63) is 0 Å². The number of nitrogens with zero attached hydrogens (tertiary/aromatic N) is 1. The number of rotatable bonds is 4. The molecule has 4 nitrogen and oxygen atoms in total. The van der Waals surface area contributed by atoms with Crippen molar-refractivity contribution in [2.45, 2.75) is 31.7 Å². The van der Waals surface area contributed by atoms with Gasteiger partial charge in [0.25, 0.3) is 0 Å². The van der Waals surface area contributed by atoms with Gasteiger partial charge in [0.15, 0.2) is 0 Å². The van der Waals surface area contributed by atoms with Crippen LogP contribution in [0.3, 0.4) is 0 Å². The standard InChI is InChI=1S/C10H19NO3/c1-11(6-4-10(12)13)9-3-2-7-14-8-5-9/h9H,2-8H2,1H3,(H,12,13). The summed E-state index contributed by atoms with van der Waals surface area (Å²) in [5.74, 6) is -0.721. The topological polar surface area (TPSA) is 49.8 Å². The summed E-state index contributed by atoms with van der Waals surface area (Å²) in [7, 11) is 2.00. The highest BCUT2D eigenvalue weighted by Gasteiger charge is 2.17. The molecular weight excluding hydrogens is 182 g/mol. The molecule has 0 spiro atoms. The van der Waals surface area contributed by atoms with Crippen LogP contribution < -0.4 is 0 Å². The van der Waals surface area contributed by atoms with Gasteiger partial charge in [-0.1, -0.05) is 0 Å². The van der Waals surface area contributed by atoms with Crippen molar-refractivity contribution in [1.82, 2.24) is 4.90 Å². The number of hydrogen-bond acceptors (Lipinski definition) is 3. The molecule has 4 heteroatoms. The van der Waals surface area contributed by atoms with Gasteiger partial charge in [-0.05, 0) is 26.3 Å². The van der Waals surface area contributed by atoms with E-state index in [4.69, 9.17) is 9.84 Å². The molecule has 1 heterocycles. The zero-order valence-electron chi connectivity index (χ0n) is 8.74. The fraction of sp³-hybridized carbons (Fsp3) is 0.900. The first-order chi connectivity index (χ1) is 6.70. The van der Waals surface area contributed by atoms with Gasteiger partial charge in [-0.15, -0.1) is 0 Å². The van der Waals surface area contributed by atoms with E-state index in [9.17, 15) is 4.79 Å². The first-order valence-corrected chi connectivity index (χ1v) is 5.20. The third kappa shape index (κ3) is 4.07. The van der Waals surface area contributed by atoms with Gasteiger partial charge in [0, 0.05) is 25.8 Å². The van der Waals surface area contributed by atoms with Crippen molar-refractivity contribution in [3.8, 4) is 0 Å². The molecule has 0 radical (unpaired) electrons. The molecule has 1 aliphatic heterocycles. The summed E-state index contributed by atoms with van der Waals surface area (Å²) in [5, 5.41) is 8.56. The highest BCUT2D eigenvalue weighted by atomic mass is 16.5. The van der Waals surface area contributed by atoms with Crippen LogP contribution in [0.4, 0.5) is 0 Å². The van der Waals surface area contributed by atoms with Crippen molar-refractivity contribution >= 4 is 5.97 Å². The molecule has 0 bridgehead atoms. The smallest absolute Gasteiger partial charge is 0.304 e. The predicted molar refractivity (Wildman–Crippen MR) is 53.3 cm³/mol. The molecule has 1 fully saturated rings. The lowest BCUT2D eigenvalue weighted by Gasteiger charge is -2.25. The molecule has 1 saturated heterocycles. The van der Waals surface area contributed by atoms with Gasteiger partial charge in [0.05, 0.1) is 6.42 Å². The molecule has 0 saturated carbocycles. The van der Waals surface area contributed by atoms with Crippen molar-refractivity contribution in [2.24, 2.45) is 0 Å². The van der Waals surface area contributed by atoms with Crippen molar-refractivity contribution in [3.63, 3.8) is 0 Å². The maximum absolute atomic E-state index is 10.4. The minimum Gasteiger partial charge on any atom is -0.481 e. The van der Waals surface area contributed by atoms with Crippen LogP contribution in [0.5, 0.6) is 0 Å². The molecule has 0 aliphatic carbocycles. The number of carboxylic acid groups (broad SMARTS) is 1. The monoisotopic (exact) mass is 201 g/mol. The summed E-state index contributed by atoms with van der Waals surface area (Å²) in [6, 6.07) is 0.497. The van der Waals surface area contributed by atoms with Crippen LogP contribution >= 0.6 is 0 Å². The number of carbonyl (C=O) groups is 1. The van der Waals surface area contributed by atoms with E-state index in [1.54, 1.807) is 0 Å². The Morgan fingerprint density at radius 1 is 1.50 bits per heavy atom. The molecule has 0 aromatic heterocycles. The summed E-state index contributed by atoms with van der Waals surface area (Å²) in [6.07, 6.45) is 3.46. The number of hydrogen-bond donors (Lipinski definition) is 1. The van der Waals surface area contributed by atoms with E-state index < -0.39 is 5.97 Å². The Bertz CT molecular complexity index is 176. The lowest BCUT2D eigenvalue weighted by Crippen LogP contribution is -2.33.